The van der Waals surface area contributed by atoms with Crippen molar-refractivity contribution in [3.8, 4) is 0 Å². The molecule has 1 aliphatic rings. The summed E-state index contributed by atoms with van der Waals surface area (Å²) in [5.41, 5.74) is 3.30. The molecule has 0 fully saturated rings. The lowest BCUT2D eigenvalue weighted by atomic mass is 9.89. The molecule has 0 spiro atoms. The van der Waals surface area contributed by atoms with E-state index in [0.717, 1.165) is 17.7 Å². The highest BCUT2D eigenvalue weighted by Crippen LogP contribution is 2.27. The minimum Gasteiger partial charge on any atom is -0.345 e. The van der Waals surface area contributed by atoms with E-state index in [9.17, 15) is 9.59 Å². The summed E-state index contributed by atoms with van der Waals surface area (Å²) in [6, 6.07) is 22.5. The lowest BCUT2D eigenvalue weighted by Gasteiger charge is -2.25. The molecule has 0 saturated carbocycles. The molecule has 3 aromatic rings. The number of nitrogens with one attached hydrogen (secondary N) is 1. The van der Waals surface area contributed by atoms with Crippen LogP contribution in [0.25, 0.3) is 10.8 Å². The molecule has 1 unspecified atom stereocenters. The van der Waals surface area contributed by atoms with Crippen molar-refractivity contribution in [2.24, 2.45) is 5.92 Å². The van der Waals surface area contributed by atoms with E-state index >= 15 is 0 Å². The minimum atomic E-state index is -0.139. The molecule has 4 heteroatoms. The van der Waals surface area contributed by atoms with Crippen molar-refractivity contribution in [3.63, 3.8) is 0 Å². The van der Waals surface area contributed by atoms with Gasteiger partial charge in [-0.15, -0.1) is 0 Å². The molecule has 1 N–H and O–H groups in total. The number of likely N-dealkylation sites (N-methyl/N-ethyl adjacent to an activating group) is 1. The number of para-hydroxylation sites is 1. The van der Waals surface area contributed by atoms with Crippen LogP contribution < -0.4 is 5.32 Å². The number of carbonyl (C=O) groups excluding carboxylic acids is 2. The van der Waals surface area contributed by atoms with Gasteiger partial charge < -0.3 is 10.2 Å². The third-order valence-electron chi connectivity index (χ3n) is 5.84. The predicted molar refractivity (Wildman–Crippen MR) is 117 cm³/mol. The molecule has 4 nitrogen and oxygen atoms in total. The number of benzene rings is 3. The number of anilines is 1. The fourth-order valence-electron chi connectivity index (χ4n) is 4.06. The molecular weight excluding hydrogens is 360 g/mol. The molecule has 0 radical (unpaired) electrons. The smallest absolute Gasteiger partial charge is 0.227 e. The van der Waals surface area contributed by atoms with E-state index < -0.39 is 0 Å². The number of carbonyl (C=O) groups is 2. The largest absolute Gasteiger partial charge is 0.345 e. The molecule has 29 heavy (non-hydrogen) atoms. The van der Waals surface area contributed by atoms with Crippen molar-refractivity contribution in [1.82, 2.24) is 4.90 Å². The molecule has 148 valence electrons. The summed E-state index contributed by atoms with van der Waals surface area (Å²) in [5.74, 6) is -0.0212. The van der Waals surface area contributed by atoms with Crippen LogP contribution in [-0.2, 0) is 22.4 Å². The Morgan fingerprint density at radius 3 is 2.69 bits per heavy atom. The van der Waals surface area contributed by atoms with Gasteiger partial charge in [-0.25, -0.2) is 0 Å². The third-order valence-corrected chi connectivity index (χ3v) is 5.84. The molecule has 0 saturated heterocycles. The molecule has 3 aromatic carbocycles. The van der Waals surface area contributed by atoms with Crippen LogP contribution >= 0.6 is 0 Å². The second kappa shape index (κ2) is 8.48. The van der Waals surface area contributed by atoms with Crippen LogP contribution in [0.1, 0.15) is 24.0 Å². The highest BCUT2D eigenvalue weighted by Gasteiger charge is 2.26. The number of rotatable bonds is 6. The monoisotopic (exact) mass is 386 g/mol. The summed E-state index contributed by atoms with van der Waals surface area (Å²) in [5, 5.41) is 5.43. The molecule has 0 aliphatic carbocycles. The molecule has 4 rings (SSSR count). The van der Waals surface area contributed by atoms with Crippen LogP contribution in [-0.4, -0.2) is 30.3 Å². The second-order valence-corrected chi connectivity index (χ2v) is 7.79. The zero-order valence-corrected chi connectivity index (χ0v) is 16.7. The first kappa shape index (κ1) is 19.2. The van der Waals surface area contributed by atoms with Crippen LogP contribution in [0.2, 0.25) is 0 Å². The number of fused-ring (bicyclic) bond motifs is 2. The SMILES string of the molecule is CN(CCc1cccc2ccccc12)C(=O)CCC1Cc2ccccc2NC1=O. The average Bonchev–Trinajstić information content (AvgIpc) is 2.75. The van der Waals surface area contributed by atoms with E-state index in [4.69, 9.17) is 0 Å². The van der Waals surface area contributed by atoms with Gasteiger partial charge in [0.05, 0.1) is 0 Å². The summed E-state index contributed by atoms with van der Waals surface area (Å²) in [4.78, 5) is 26.7. The normalized spacial score (nSPS) is 15.6. The van der Waals surface area contributed by atoms with E-state index in [1.807, 2.05) is 43.4 Å². The predicted octanol–water partition coefficient (Wildman–Crippen LogP) is 4.43. The van der Waals surface area contributed by atoms with Crippen LogP contribution in [0.3, 0.4) is 0 Å². The Bertz CT molecular complexity index is 1040. The van der Waals surface area contributed by atoms with Gasteiger partial charge in [-0.05, 0) is 47.2 Å². The fourth-order valence-corrected chi connectivity index (χ4v) is 4.06. The van der Waals surface area contributed by atoms with Gasteiger partial charge in [0.15, 0.2) is 0 Å². The van der Waals surface area contributed by atoms with Crippen molar-refractivity contribution >= 4 is 28.3 Å². The van der Waals surface area contributed by atoms with Gasteiger partial charge in [0.25, 0.3) is 0 Å². The molecule has 0 bridgehead atoms. The number of hydrogen-bond acceptors (Lipinski definition) is 2. The quantitative estimate of drug-likeness (QED) is 0.681. The Kier molecular flexibility index (Phi) is 5.61. The lowest BCUT2D eigenvalue weighted by Crippen LogP contribution is -2.33. The minimum absolute atomic E-state index is 0.0231. The first-order chi connectivity index (χ1) is 14.1. The lowest BCUT2D eigenvalue weighted by molar-refractivity contribution is -0.130. The maximum Gasteiger partial charge on any atom is 0.227 e. The highest BCUT2D eigenvalue weighted by atomic mass is 16.2. The van der Waals surface area contributed by atoms with Crippen molar-refractivity contribution < 1.29 is 9.59 Å². The highest BCUT2D eigenvalue weighted by molar-refractivity contribution is 5.96. The molecule has 1 heterocycles. The summed E-state index contributed by atoms with van der Waals surface area (Å²) in [7, 11) is 1.85. The maximum absolute atomic E-state index is 12.6. The first-order valence-corrected chi connectivity index (χ1v) is 10.2. The second-order valence-electron chi connectivity index (χ2n) is 7.79. The Morgan fingerprint density at radius 2 is 1.79 bits per heavy atom. The Labute approximate surface area is 171 Å². The standard InChI is InChI=1S/C25H26N2O2/c1-27(16-15-19-10-6-9-18-7-2-4-11-22(18)19)24(28)14-13-21-17-20-8-3-5-12-23(20)26-25(21)29/h2-12,21H,13-17H2,1H3,(H,26,29). The molecule has 1 aliphatic heterocycles. The molecule has 1 atom stereocenters. The zero-order chi connectivity index (χ0) is 20.2. The number of hydrogen-bond donors (Lipinski definition) is 1. The van der Waals surface area contributed by atoms with Gasteiger partial charge in [0, 0.05) is 31.6 Å². The van der Waals surface area contributed by atoms with E-state index in [-0.39, 0.29) is 17.7 Å². The van der Waals surface area contributed by atoms with Crippen LogP contribution in [0, 0.1) is 5.92 Å². The number of amides is 2. The third kappa shape index (κ3) is 4.32. The summed E-state index contributed by atoms with van der Waals surface area (Å²) >= 11 is 0. The topological polar surface area (TPSA) is 49.4 Å². The van der Waals surface area contributed by atoms with E-state index in [2.05, 4.69) is 35.6 Å². The average molecular weight is 386 g/mol. The van der Waals surface area contributed by atoms with E-state index in [1.54, 1.807) is 4.90 Å². The van der Waals surface area contributed by atoms with Crippen molar-refractivity contribution in [2.45, 2.75) is 25.7 Å². The van der Waals surface area contributed by atoms with Crippen LogP contribution in [0.15, 0.2) is 66.7 Å². The summed E-state index contributed by atoms with van der Waals surface area (Å²) in [6.07, 6.45) is 2.50. The Balaban J connectivity index is 1.31. The van der Waals surface area contributed by atoms with E-state index in [1.165, 1.54) is 16.3 Å². The molecule has 2 amide bonds. The van der Waals surface area contributed by atoms with Gasteiger partial charge in [-0.1, -0.05) is 60.7 Å². The molecule has 0 aromatic heterocycles. The Morgan fingerprint density at radius 1 is 1.03 bits per heavy atom. The van der Waals surface area contributed by atoms with Gasteiger partial charge in [0.1, 0.15) is 0 Å². The van der Waals surface area contributed by atoms with Crippen LogP contribution in [0.5, 0.6) is 0 Å². The molecular formula is C25H26N2O2. The van der Waals surface area contributed by atoms with Crippen LogP contribution in [0.4, 0.5) is 5.69 Å². The van der Waals surface area contributed by atoms with Gasteiger partial charge in [0.2, 0.25) is 11.8 Å². The van der Waals surface area contributed by atoms with Gasteiger partial charge in [-0.3, -0.25) is 9.59 Å². The summed E-state index contributed by atoms with van der Waals surface area (Å²) in [6.45, 7) is 0.673. The van der Waals surface area contributed by atoms with Crippen molar-refractivity contribution in [2.75, 3.05) is 18.9 Å². The van der Waals surface area contributed by atoms with Gasteiger partial charge >= 0.3 is 0 Å². The fraction of sp³-hybridized carbons (Fsp3) is 0.280. The van der Waals surface area contributed by atoms with E-state index in [0.29, 0.717) is 25.8 Å². The maximum atomic E-state index is 12.6. The van der Waals surface area contributed by atoms with Crippen molar-refractivity contribution in [1.29, 1.82) is 0 Å². The zero-order valence-electron chi connectivity index (χ0n) is 16.7. The first-order valence-electron chi connectivity index (χ1n) is 10.2. The van der Waals surface area contributed by atoms with Crippen molar-refractivity contribution in [3.05, 3.63) is 77.9 Å². The Hall–Kier alpha value is -3.14. The van der Waals surface area contributed by atoms with Gasteiger partial charge in [-0.2, -0.15) is 0 Å². The summed E-state index contributed by atoms with van der Waals surface area (Å²) < 4.78 is 0. The number of nitrogens with zero attached hydrogens (tertiary/aromatic N) is 1.